The molecule has 0 atom stereocenters. The van der Waals surface area contributed by atoms with Crippen molar-refractivity contribution in [1.29, 1.82) is 0 Å². The third-order valence-corrected chi connectivity index (χ3v) is 3.75. The van der Waals surface area contributed by atoms with E-state index >= 15 is 0 Å². The van der Waals surface area contributed by atoms with Crippen molar-refractivity contribution in [3.05, 3.63) is 47.0 Å². The summed E-state index contributed by atoms with van der Waals surface area (Å²) in [6.45, 7) is 0.653. The minimum absolute atomic E-state index is 0.156. The standard InChI is InChI=1S/C14H14F3N3OS/c15-14(16,17)11-9-20-13(22-11)18-7-6-12(21)19-8-10-4-2-1-3-5-10/h1-5,9H,6-8H2,(H,18,20)(H,19,21). The molecule has 1 aromatic heterocycles. The Labute approximate surface area is 129 Å². The number of anilines is 1. The third kappa shape index (κ3) is 5.03. The van der Waals surface area contributed by atoms with Crippen LogP contribution >= 0.6 is 11.3 Å². The summed E-state index contributed by atoms with van der Waals surface area (Å²) in [7, 11) is 0. The van der Waals surface area contributed by atoms with Crippen LogP contribution in [0.3, 0.4) is 0 Å². The lowest BCUT2D eigenvalue weighted by atomic mass is 10.2. The lowest BCUT2D eigenvalue weighted by molar-refractivity contribution is -0.134. The van der Waals surface area contributed by atoms with E-state index in [2.05, 4.69) is 15.6 Å². The van der Waals surface area contributed by atoms with Crippen LogP contribution in [-0.4, -0.2) is 17.4 Å². The predicted molar refractivity (Wildman–Crippen MR) is 78.5 cm³/mol. The van der Waals surface area contributed by atoms with E-state index in [1.54, 1.807) is 0 Å². The second-order valence-electron chi connectivity index (χ2n) is 4.47. The van der Waals surface area contributed by atoms with Crippen LogP contribution in [0.4, 0.5) is 18.3 Å². The fraction of sp³-hybridized carbons (Fsp3) is 0.286. The molecule has 0 spiro atoms. The van der Waals surface area contributed by atoms with Gasteiger partial charge in [-0.2, -0.15) is 13.2 Å². The number of alkyl halides is 3. The van der Waals surface area contributed by atoms with Crippen LogP contribution < -0.4 is 10.6 Å². The Bertz CT molecular complexity index is 613. The number of thiazole rings is 1. The van der Waals surface area contributed by atoms with Gasteiger partial charge in [-0.25, -0.2) is 4.98 Å². The maximum absolute atomic E-state index is 12.4. The smallest absolute Gasteiger partial charge is 0.361 e. The number of carbonyl (C=O) groups is 1. The number of hydrogen-bond donors (Lipinski definition) is 2. The molecule has 0 aliphatic rings. The minimum atomic E-state index is -4.38. The molecule has 0 aliphatic heterocycles. The van der Waals surface area contributed by atoms with E-state index in [0.29, 0.717) is 17.9 Å². The summed E-state index contributed by atoms with van der Waals surface area (Å²) in [5.41, 5.74) is 0.985. The Kier molecular flexibility index (Phi) is 5.37. The van der Waals surface area contributed by atoms with Crippen molar-refractivity contribution >= 4 is 22.4 Å². The lowest BCUT2D eigenvalue weighted by Crippen LogP contribution is -2.24. The van der Waals surface area contributed by atoms with Crippen molar-refractivity contribution in [1.82, 2.24) is 10.3 Å². The summed E-state index contributed by atoms with van der Waals surface area (Å²) in [5, 5.41) is 5.61. The summed E-state index contributed by atoms with van der Waals surface area (Å²) >= 11 is 0.523. The molecule has 22 heavy (non-hydrogen) atoms. The average Bonchev–Trinajstić information content (AvgIpc) is 2.95. The summed E-state index contributed by atoms with van der Waals surface area (Å²) in [5.74, 6) is -0.177. The summed E-state index contributed by atoms with van der Waals surface area (Å²) in [6.07, 6.45) is -3.44. The highest BCUT2D eigenvalue weighted by atomic mass is 32.1. The molecule has 1 amide bonds. The zero-order valence-electron chi connectivity index (χ0n) is 11.5. The quantitative estimate of drug-likeness (QED) is 0.855. The van der Waals surface area contributed by atoms with Crippen LogP contribution in [0.25, 0.3) is 0 Å². The summed E-state index contributed by atoms with van der Waals surface area (Å²) < 4.78 is 37.2. The molecule has 118 valence electrons. The molecule has 0 radical (unpaired) electrons. The van der Waals surface area contributed by atoms with Crippen LogP contribution in [-0.2, 0) is 17.5 Å². The molecular weight excluding hydrogens is 315 g/mol. The van der Waals surface area contributed by atoms with E-state index in [0.717, 1.165) is 11.8 Å². The number of nitrogens with one attached hydrogen (secondary N) is 2. The van der Waals surface area contributed by atoms with Gasteiger partial charge in [-0.05, 0) is 5.56 Å². The highest BCUT2D eigenvalue weighted by Crippen LogP contribution is 2.34. The van der Waals surface area contributed by atoms with Crippen molar-refractivity contribution in [3.8, 4) is 0 Å². The van der Waals surface area contributed by atoms with Crippen molar-refractivity contribution in [2.24, 2.45) is 0 Å². The molecule has 4 nitrogen and oxygen atoms in total. The van der Waals surface area contributed by atoms with Gasteiger partial charge in [0.15, 0.2) is 5.13 Å². The Morgan fingerprint density at radius 2 is 1.95 bits per heavy atom. The summed E-state index contributed by atoms with van der Waals surface area (Å²) in [4.78, 5) is 14.5. The van der Waals surface area contributed by atoms with Crippen LogP contribution in [0, 0.1) is 0 Å². The topological polar surface area (TPSA) is 54.0 Å². The first kappa shape index (κ1) is 16.3. The van der Waals surface area contributed by atoms with E-state index in [1.807, 2.05) is 30.3 Å². The van der Waals surface area contributed by atoms with E-state index in [-0.39, 0.29) is 24.0 Å². The first-order chi connectivity index (χ1) is 10.4. The molecule has 0 bridgehead atoms. The number of halogens is 3. The molecular formula is C14H14F3N3OS. The maximum atomic E-state index is 12.4. The van der Waals surface area contributed by atoms with E-state index in [4.69, 9.17) is 0 Å². The molecule has 2 aromatic rings. The fourth-order valence-corrected chi connectivity index (χ4v) is 2.36. The number of carbonyl (C=O) groups excluding carboxylic acids is 1. The number of amides is 1. The van der Waals surface area contributed by atoms with Gasteiger partial charge in [-0.3, -0.25) is 4.79 Å². The number of benzene rings is 1. The predicted octanol–water partition coefficient (Wildman–Crippen LogP) is 3.28. The third-order valence-electron chi connectivity index (χ3n) is 2.75. The van der Waals surface area contributed by atoms with Crippen molar-refractivity contribution in [3.63, 3.8) is 0 Å². The zero-order chi connectivity index (χ0) is 16.0. The first-order valence-electron chi connectivity index (χ1n) is 6.52. The largest absolute Gasteiger partial charge is 0.427 e. The molecule has 0 unspecified atom stereocenters. The van der Waals surface area contributed by atoms with Crippen molar-refractivity contribution in [2.75, 3.05) is 11.9 Å². The highest BCUT2D eigenvalue weighted by Gasteiger charge is 2.33. The number of aromatic nitrogens is 1. The van der Waals surface area contributed by atoms with Crippen LogP contribution in [0.2, 0.25) is 0 Å². The number of nitrogens with zero attached hydrogens (tertiary/aromatic N) is 1. The SMILES string of the molecule is O=C(CCNc1ncc(C(F)(F)F)s1)NCc1ccccc1. The van der Waals surface area contributed by atoms with Gasteiger partial charge < -0.3 is 10.6 Å². The van der Waals surface area contributed by atoms with Gasteiger partial charge >= 0.3 is 6.18 Å². The van der Waals surface area contributed by atoms with Crippen LogP contribution in [0.15, 0.2) is 36.5 Å². The van der Waals surface area contributed by atoms with E-state index < -0.39 is 11.1 Å². The molecule has 0 saturated carbocycles. The fourth-order valence-electron chi connectivity index (χ4n) is 1.65. The highest BCUT2D eigenvalue weighted by molar-refractivity contribution is 7.15. The Hall–Kier alpha value is -2.09. The van der Waals surface area contributed by atoms with Crippen LogP contribution in [0.5, 0.6) is 0 Å². The van der Waals surface area contributed by atoms with Gasteiger partial charge in [0.25, 0.3) is 0 Å². The zero-order valence-corrected chi connectivity index (χ0v) is 12.3. The monoisotopic (exact) mass is 329 g/mol. The Morgan fingerprint density at radius 3 is 2.59 bits per heavy atom. The number of hydrogen-bond acceptors (Lipinski definition) is 4. The van der Waals surface area contributed by atoms with Gasteiger partial charge in [-0.1, -0.05) is 41.7 Å². The number of rotatable bonds is 6. The second-order valence-corrected chi connectivity index (χ2v) is 5.50. The Balaban J connectivity index is 1.70. The van der Waals surface area contributed by atoms with Crippen molar-refractivity contribution < 1.29 is 18.0 Å². The average molecular weight is 329 g/mol. The van der Waals surface area contributed by atoms with E-state index in [1.165, 1.54) is 0 Å². The van der Waals surface area contributed by atoms with Crippen LogP contribution in [0.1, 0.15) is 16.9 Å². The molecule has 0 aliphatic carbocycles. The molecule has 1 heterocycles. The van der Waals surface area contributed by atoms with Gasteiger partial charge in [0, 0.05) is 19.5 Å². The molecule has 0 fully saturated rings. The molecule has 0 saturated heterocycles. The molecule has 1 aromatic carbocycles. The minimum Gasteiger partial charge on any atom is -0.361 e. The normalized spacial score (nSPS) is 11.2. The lowest BCUT2D eigenvalue weighted by Gasteiger charge is -2.06. The van der Waals surface area contributed by atoms with Gasteiger partial charge in [-0.15, -0.1) is 0 Å². The van der Waals surface area contributed by atoms with Crippen molar-refractivity contribution in [2.45, 2.75) is 19.1 Å². The summed E-state index contributed by atoms with van der Waals surface area (Å²) in [6, 6.07) is 9.44. The maximum Gasteiger partial charge on any atom is 0.427 e. The van der Waals surface area contributed by atoms with E-state index in [9.17, 15) is 18.0 Å². The molecule has 8 heteroatoms. The second kappa shape index (κ2) is 7.26. The Morgan fingerprint density at radius 1 is 1.23 bits per heavy atom. The molecule has 2 rings (SSSR count). The van der Waals surface area contributed by atoms with Gasteiger partial charge in [0.1, 0.15) is 4.88 Å². The van der Waals surface area contributed by atoms with Gasteiger partial charge in [0.2, 0.25) is 5.91 Å². The first-order valence-corrected chi connectivity index (χ1v) is 7.34. The molecule has 2 N–H and O–H groups in total. The van der Waals surface area contributed by atoms with Gasteiger partial charge in [0.05, 0.1) is 6.20 Å².